The summed E-state index contributed by atoms with van der Waals surface area (Å²) in [5, 5.41) is 12.2. The topological polar surface area (TPSA) is 78.9 Å². The van der Waals surface area contributed by atoms with Gasteiger partial charge in [-0.15, -0.1) is 0 Å². The molecular weight excluding hydrogens is 236 g/mol. The Morgan fingerprint density at radius 3 is 2.94 bits per heavy atom. The number of aliphatic hydroxyl groups is 1. The fourth-order valence-electron chi connectivity index (χ4n) is 1.81. The van der Waals surface area contributed by atoms with E-state index in [0.717, 1.165) is 6.42 Å². The van der Waals surface area contributed by atoms with Gasteiger partial charge in [0.2, 0.25) is 11.8 Å². The quantitative estimate of drug-likeness (QED) is 0.594. The molecule has 1 heterocycles. The summed E-state index contributed by atoms with van der Waals surface area (Å²) in [7, 11) is 0. The Labute approximate surface area is 107 Å². The lowest BCUT2D eigenvalue weighted by atomic mass is 10.3. The molecule has 6 heteroatoms. The van der Waals surface area contributed by atoms with Crippen molar-refractivity contribution in [3.05, 3.63) is 0 Å². The fraction of sp³-hybridized carbons (Fsp3) is 0.833. The number of carbonyl (C=O) groups is 2. The highest BCUT2D eigenvalue weighted by molar-refractivity contribution is 5.80. The maximum absolute atomic E-state index is 11.5. The van der Waals surface area contributed by atoms with Crippen LogP contribution in [0.25, 0.3) is 0 Å². The first-order chi connectivity index (χ1) is 8.65. The number of amides is 2. The van der Waals surface area contributed by atoms with Crippen LogP contribution in [0.1, 0.15) is 32.6 Å². The van der Waals surface area contributed by atoms with E-state index in [1.165, 1.54) is 4.90 Å². The lowest BCUT2D eigenvalue weighted by Gasteiger charge is -2.19. The molecule has 1 atom stereocenters. The van der Waals surface area contributed by atoms with E-state index >= 15 is 0 Å². The van der Waals surface area contributed by atoms with Crippen molar-refractivity contribution >= 4 is 11.8 Å². The first-order valence-electron chi connectivity index (χ1n) is 6.47. The average Bonchev–Trinajstić information content (AvgIpc) is 2.66. The normalized spacial score (nSPS) is 19.3. The van der Waals surface area contributed by atoms with Crippen molar-refractivity contribution in [1.82, 2.24) is 10.2 Å². The molecule has 0 spiro atoms. The number of aliphatic hydroxyl groups excluding tert-OH is 1. The molecular formula is C12H22N2O4. The van der Waals surface area contributed by atoms with Gasteiger partial charge in [0.15, 0.2) is 0 Å². The molecule has 0 aromatic rings. The van der Waals surface area contributed by atoms with Gasteiger partial charge in [0, 0.05) is 39.0 Å². The monoisotopic (exact) mass is 258 g/mol. The average molecular weight is 258 g/mol. The molecule has 1 aliphatic heterocycles. The molecule has 0 radical (unpaired) electrons. The van der Waals surface area contributed by atoms with Gasteiger partial charge in [0.1, 0.15) is 6.23 Å². The second-order valence-corrected chi connectivity index (χ2v) is 4.32. The SMILES string of the molecule is CCCOCCNC(=O)CCN1C(=O)CCC1O. The highest BCUT2D eigenvalue weighted by Gasteiger charge is 2.28. The van der Waals surface area contributed by atoms with Crippen LogP contribution in [-0.4, -0.2) is 54.4 Å². The first kappa shape index (κ1) is 14.9. The molecule has 2 amide bonds. The molecule has 2 N–H and O–H groups in total. The van der Waals surface area contributed by atoms with E-state index in [1.807, 2.05) is 6.92 Å². The zero-order valence-electron chi connectivity index (χ0n) is 10.9. The van der Waals surface area contributed by atoms with Gasteiger partial charge < -0.3 is 20.1 Å². The largest absolute Gasteiger partial charge is 0.380 e. The van der Waals surface area contributed by atoms with Gasteiger partial charge in [-0.2, -0.15) is 0 Å². The van der Waals surface area contributed by atoms with E-state index in [2.05, 4.69) is 5.32 Å². The maximum atomic E-state index is 11.5. The number of hydrogen-bond donors (Lipinski definition) is 2. The van der Waals surface area contributed by atoms with Gasteiger partial charge in [-0.1, -0.05) is 6.92 Å². The predicted octanol–water partition coefficient (Wildman–Crippen LogP) is -0.140. The van der Waals surface area contributed by atoms with Crippen LogP contribution in [0.2, 0.25) is 0 Å². The Bertz CT molecular complexity index is 283. The third-order valence-corrected chi connectivity index (χ3v) is 2.79. The van der Waals surface area contributed by atoms with Crippen LogP contribution >= 0.6 is 0 Å². The number of nitrogens with one attached hydrogen (secondary N) is 1. The highest BCUT2D eigenvalue weighted by atomic mass is 16.5. The van der Waals surface area contributed by atoms with Crippen LogP contribution in [0.3, 0.4) is 0 Å². The summed E-state index contributed by atoms with van der Waals surface area (Å²) in [6.07, 6.45) is 1.29. The Hall–Kier alpha value is -1.14. The van der Waals surface area contributed by atoms with E-state index in [0.29, 0.717) is 32.6 Å². The molecule has 1 rings (SSSR count). The highest BCUT2D eigenvalue weighted by Crippen LogP contribution is 2.16. The second kappa shape index (κ2) is 8.05. The lowest BCUT2D eigenvalue weighted by Crippen LogP contribution is -2.37. The van der Waals surface area contributed by atoms with Gasteiger partial charge in [0.05, 0.1) is 6.61 Å². The molecule has 6 nitrogen and oxygen atoms in total. The van der Waals surface area contributed by atoms with E-state index in [-0.39, 0.29) is 24.8 Å². The van der Waals surface area contributed by atoms with Crippen LogP contribution in [-0.2, 0) is 14.3 Å². The maximum Gasteiger partial charge on any atom is 0.224 e. The van der Waals surface area contributed by atoms with E-state index in [1.54, 1.807) is 0 Å². The number of likely N-dealkylation sites (tertiary alicyclic amines) is 1. The number of hydrogen-bond acceptors (Lipinski definition) is 4. The Balaban J connectivity index is 2.08. The Morgan fingerprint density at radius 1 is 1.56 bits per heavy atom. The van der Waals surface area contributed by atoms with Crippen LogP contribution in [0.15, 0.2) is 0 Å². The summed E-state index contributed by atoms with van der Waals surface area (Å²) in [5.74, 6) is -0.205. The van der Waals surface area contributed by atoms with Crippen molar-refractivity contribution in [3.63, 3.8) is 0 Å². The molecule has 0 aromatic carbocycles. The molecule has 0 aliphatic carbocycles. The molecule has 1 aliphatic rings. The molecule has 0 aromatic heterocycles. The molecule has 18 heavy (non-hydrogen) atoms. The predicted molar refractivity (Wildman–Crippen MR) is 65.7 cm³/mol. The number of carbonyl (C=O) groups excluding carboxylic acids is 2. The Kier molecular flexibility index (Phi) is 6.67. The molecule has 1 unspecified atom stereocenters. The summed E-state index contributed by atoms with van der Waals surface area (Å²) in [6.45, 7) is 3.99. The van der Waals surface area contributed by atoms with Crippen molar-refractivity contribution in [3.8, 4) is 0 Å². The lowest BCUT2D eigenvalue weighted by molar-refractivity contribution is -0.134. The summed E-state index contributed by atoms with van der Waals surface area (Å²) < 4.78 is 5.23. The molecule has 1 fully saturated rings. The zero-order chi connectivity index (χ0) is 13.4. The van der Waals surface area contributed by atoms with Crippen molar-refractivity contribution in [2.24, 2.45) is 0 Å². The van der Waals surface area contributed by atoms with Crippen molar-refractivity contribution in [2.75, 3.05) is 26.3 Å². The van der Waals surface area contributed by atoms with Crippen LogP contribution in [0.5, 0.6) is 0 Å². The number of nitrogens with zero attached hydrogens (tertiary/aromatic N) is 1. The minimum absolute atomic E-state index is 0.0819. The van der Waals surface area contributed by atoms with Gasteiger partial charge in [-0.05, 0) is 6.42 Å². The third kappa shape index (κ3) is 5.01. The second-order valence-electron chi connectivity index (χ2n) is 4.32. The van der Waals surface area contributed by atoms with Crippen LogP contribution in [0, 0.1) is 0 Å². The van der Waals surface area contributed by atoms with Crippen LogP contribution in [0.4, 0.5) is 0 Å². The van der Waals surface area contributed by atoms with Crippen molar-refractivity contribution < 1.29 is 19.4 Å². The number of ether oxygens (including phenoxy) is 1. The molecule has 104 valence electrons. The van der Waals surface area contributed by atoms with Crippen molar-refractivity contribution in [1.29, 1.82) is 0 Å². The molecule has 0 saturated carbocycles. The fourth-order valence-corrected chi connectivity index (χ4v) is 1.81. The standard InChI is InChI=1S/C12H22N2O4/c1-2-8-18-9-6-13-10(15)5-7-14-11(16)3-4-12(14)17/h11,16H,2-9H2,1H3,(H,13,15). The summed E-state index contributed by atoms with van der Waals surface area (Å²) >= 11 is 0. The van der Waals surface area contributed by atoms with Gasteiger partial charge in [-0.25, -0.2) is 0 Å². The van der Waals surface area contributed by atoms with Crippen LogP contribution < -0.4 is 5.32 Å². The molecule has 0 bridgehead atoms. The zero-order valence-corrected chi connectivity index (χ0v) is 10.9. The minimum Gasteiger partial charge on any atom is -0.380 e. The third-order valence-electron chi connectivity index (χ3n) is 2.79. The summed E-state index contributed by atoms with van der Waals surface area (Å²) in [6, 6.07) is 0. The summed E-state index contributed by atoms with van der Waals surface area (Å²) in [5.41, 5.74) is 0. The first-order valence-corrected chi connectivity index (χ1v) is 6.47. The number of rotatable bonds is 8. The van der Waals surface area contributed by atoms with Gasteiger partial charge in [0.25, 0.3) is 0 Å². The van der Waals surface area contributed by atoms with Gasteiger partial charge >= 0.3 is 0 Å². The van der Waals surface area contributed by atoms with E-state index < -0.39 is 6.23 Å². The minimum atomic E-state index is -0.724. The Morgan fingerprint density at radius 2 is 2.33 bits per heavy atom. The molecule has 1 saturated heterocycles. The van der Waals surface area contributed by atoms with E-state index in [9.17, 15) is 14.7 Å². The summed E-state index contributed by atoms with van der Waals surface area (Å²) in [4.78, 5) is 24.2. The van der Waals surface area contributed by atoms with E-state index in [4.69, 9.17) is 4.74 Å². The van der Waals surface area contributed by atoms with Crippen molar-refractivity contribution in [2.45, 2.75) is 38.8 Å². The van der Waals surface area contributed by atoms with Gasteiger partial charge in [-0.3, -0.25) is 9.59 Å². The smallest absolute Gasteiger partial charge is 0.224 e.